The lowest BCUT2D eigenvalue weighted by Crippen LogP contribution is -2.53. The van der Waals surface area contributed by atoms with Gasteiger partial charge in [-0.05, 0) is 36.5 Å². The van der Waals surface area contributed by atoms with Gasteiger partial charge in [-0.15, -0.1) is 0 Å². The molecule has 0 unspecified atom stereocenters. The molecule has 4 atom stereocenters. The molecule has 6 nitrogen and oxygen atoms in total. The van der Waals surface area contributed by atoms with Crippen LogP contribution >= 0.6 is 11.8 Å². The summed E-state index contributed by atoms with van der Waals surface area (Å²) in [7, 11) is 0. The first kappa shape index (κ1) is 20.3. The van der Waals surface area contributed by atoms with E-state index < -0.39 is 17.4 Å². The summed E-state index contributed by atoms with van der Waals surface area (Å²) in [5, 5.41) is 6.41. The highest BCUT2D eigenvalue weighted by Gasteiger charge is 2.70. The zero-order valence-corrected chi connectivity index (χ0v) is 18.2. The smallest absolute Gasteiger partial charge is 0.250 e. The van der Waals surface area contributed by atoms with Crippen LogP contribution in [0.15, 0.2) is 54.6 Å². The highest BCUT2D eigenvalue weighted by atomic mass is 32.2. The predicted octanol–water partition coefficient (Wildman–Crippen LogP) is 2.40. The van der Waals surface area contributed by atoms with Gasteiger partial charge in [0.25, 0.3) is 0 Å². The molecule has 0 saturated carbocycles. The van der Waals surface area contributed by atoms with Crippen molar-refractivity contribution >= 4 is 35.2 Å². The van der Waals surface area contributed by atoms with Crippen LogP contribution in [0, 0.1) is 11.8 Å². The van der Waals surface area contributed by atoms with E-state index >= 15 is 0 Å². The van der Waals surface area contributed by atoms with Crippen LogP contribution in [-0.2, 0) is 26.3 Å². The molecule has 1 spiro atoms. The van der Waals surface area contributed by atoms with Crippen LogP contribution < -0.4 is 10.6 Å². The van der Waals surface area contributed by atoms with E-state index in [1.807, 2.05) is 60.9 Å². The normalized spacial score (nSPS) is 28.9. The summed E-state index contributed by atoms with van der Waals surface area (Å²) >= 11 is 1.70. The number of hydrogen-bond donors (Lipinski definition) is 2. The summed E-state index contributed by atoms with van der Waals surface area (Å²) in [5.41, 5.74) is 1.38. The molecule has 0 aliphatic carbocycles. The third-order valence-corrected chi connectivity index (χ3v) is 7.46. The number of rotatable bonds is 6. The van der Waals surface area contributed by atoms with Gasteiger partial charge in [0.05, 0.1) is 11.8 Å². The minimum atomic E-state index is -1.18. The minimum Gasteiger partial charge on any atom is -0.324 e. The molecular formula is C24H25N3O3S. The minimum absolute atomic E-state index is 0.154. The molecule has 5 rings (SSSR count). The van der Waals surface area contributed by atoms with Gasteiger partial charge < -0.3 is 5.32 Å². The van der Waals surface area contributed by atoms with Crippen molar-refractivity contribution < 1.29 is 14.4 Å². The second-order valence-electron chi connectivity index (χ2n) is 8.41. The zero-order valence-electron chi connectivity index (χ0n) is 17.3. The van der Waals surface area contributed by atoms with Gasteiger partial charge >= 0.3 is 0 Å². The summed E-state index contributed by atoms with van der Waals surface area (Å²) in [6.45, 7) is 0.337. The van der Waals surface area contributed by atoms with E-state index in [4.69, 9.17) is 0 Å². The van der Waals surface area contributed by atoms with Crippen molar-refractivity contribution in [1.82, 2.24) is 10.2 Å². The first-order valence-corrected chi connectivity index (χ1v) is 12.0. The standard InChI is InChI=1S/C24H25N3O3S/c1-31-14-12-18-19-20(24(26-18)16-9-5-6-10-17(16)25-23(24)30)22(29)27(21(19)28)13-11-15-7-3-2-4-8-15/h2-10,18-20,26H,11-14H2,1H3,(H,25,30)/t18-,19-,20+,24+/m1/s1. The number of para-hydroxylation sites is 1. The average Bonchev–Trinajstić information content (AvgIpc) is 3.36. The topological polar surface area (TPSA) is 78.5 Å². The number of amides is 3. The fourth-order valence-electron chi connectivity index (χ4n) is 5.42. The second-order valence-corrected chi connectivity index (χ2v) is 9.39. The molecule has 2 fully saturated rings. The lowest BCUT2D eigenvalue weighted by Gasteiger charge is -2.29. The number of carbonyl (C=O) groups is 3. The van der Waals surface area contributed by atoms with Crippen LogP contribution in [0.2, 0.25) is 0 Å². The van der Waals surface area contributed by atoms with Crippen LogP contribution in [0.1, 0.15) is 17.5 Å². The lowest BCUT2D eigenvalue weighted by atomic mass is 9.76. The molecular weight excluding hydrogens is 410 g/mol. The lowest BCUT2D eigenvalue weighted by molar-refractivity contribution is -0.142. The third-order valence-electron chi connectivity index (χ3n) is 6.81. The number of benzene rings is 2. The van der Waals surface area contributed by atoms with Crippen molar-refractivity contribution in [3.8, 4) is 0 Å². The summed E-state index contributed by atoms with van der Waals surface area (Å²) in [6, 6.07) is 17.1. The molecule has 3 aliphatic heterocycles. The van der Waals surface area contributed by atoms with E-state index in [1.165, 1.54) is 4.90 Å². The first-order valence-electron chi connectivity index (χ1n) is 10.6. The van der Waals surface area contributed by atoms with E-state index in [9.17, 15) is 14.4 Å². The van der Waals surface area contributed by atoms with Gasteiger partial charge in [0.1, 0.15) is 5.54 Å². The Morgan fingerprint density at radius 1 is 1.00 bits per heavy atom. The maximum absolute atomic E-state index is 13.6. The predicted molar refractivity (Wildman–Crippen MR) is 121 cm³/mol. The molecule has 7 heteroatoms. The quantitative estimate of drug-likeness (QED) is 0.682. The van der Waals surface area contributed by atoms with Crippen molar-refractivity contribution in [3.05, 3.63) is 65.7 Å². The number of nitrogens with zero attached hydrogens (tertiary/aromatic N) is 1. The van der Waals surface area contributed by atoms with E-state index in [-0.39, 0.29) is 23.8 Å². The Morgan fingerprint density at radius 2 is 1.74 bits per heavy atom. The molecule has 160 valence electrons. The monoisotopic (exact) mass is 435 g/mol. The van der Waals surface area contributed by atoms with Gasteiger partial charge in [-0.2, -0.15) is 11.8 Å². The molecule has 3 heterocycles. The van der Waals surface area contributed by atoms with Gasteiger partial charge in [-0.1, -0.05) is 48.5 Å². The summed E-state index contributed by atoms with van der Waals surface area (Å²) < 4.78 is 0. The Labute approximate surface area is 185 Å². The average molecular weight is 436 g/mol. The molecule has 2 aromatic carbocycles. The molecule has 3 aliphatic rings. The van der Waals surface area contributed by atoms with E-state index in [2.05, 4.69) is 10.6 Å². The molecule has 2 aromatic rings. The number of hydrogen-bond acceptors (Lipinski definition) is 5. The molecule has 2 saturated heterocycles. The van der Waals surface area contributed by atoms with Crippen molar-refractivity contribution in [2.75, 3.05) is 23.9 Å². The van der Waals surface area contributed by atoms with E-state index in [0.717, 1.165) is 23.3 Å². The molecule has 3 amide bonds. The Kier molecular flexibility index (Phi) is 5.10. The second kappa shape index (κ2) is 7.80. The summed E-state index contributed by atoms with van der Waals surface area (Å²) in [6.07, 6.45) is 3.36. The number of imide groups is 1. The molecule has 0 bridgehead atoms. The molecule has 2 N–H and O–H groups in total. The summed E-state index contributed by atoms with van der Waals surface area (Å²) in [5.74, 6) is -1.01. The summed E-state index contributed by atoms with van der Waals surface area (Å²) in [4.78, 5) is 41.8. The molecule has 0 aromatic heterocycles. The Morgan fingerprint density at radius 3 is 2.52 bits per heavy atom. The third kappa shape index (κ3) is 3.02. The van der Waals surface area contributed by atoms with E-state index in [0.29, 0.717) is 18.7 Å². The Balaban J connectivity index is 1.51. The largest absolute Gasteiger partial charge is 0.324 e. The van der Waals surface area contributed by atoms with Gasteiger partial charge in [-0.25, -0.2) is 0 Å². The van der Waals surface area contributed by atoms with Crippen LogP contribution in [0.3, 0.4) is 0 Å². The van der Waals surface area contributed by atoms with Crippen molar-refractivity contribution in [2.45, 2.75) is 24.4 Å². The van der Waals surface area contributed by atoms with Crippen LogP contribution in [0.4, 0.5) is 5.69 Å². The number of fused-ring (bicyclic) bond motifs is 4. The van der Waals surface area contributed by atoms with Crippen molar-refractivity contribution in [1.29, 1.82) is 0 Å². The molecule has 0 radical (unpaired) electrons. The number of anilines is 1. The van der Waals surface area contributed by atoms with Gasteiger partial charge in [0.2, 0.25) is 17.7 Å². The van der Waals surface area contributed by atoms with Crippen LogP contribution in [-0.4, -0.2) is 47.2 Å². The number of likely N-dealkylation sites (tertiary alicyclic amines) is 1. The number of nitrogens with one attached hydrogen (secondary N) is 2. The number of carbonyl (C=O) groups excluding carboxylic acids is 3. The maximum atomic E-state index is 13.6. The SMILES string of the molecule is CSCC[C@H]1N[C@]2(C(=O)Nc3ccccc32)[C@@H]2C(=O)N(CCc3ccccc3)C(=O)[C@@H]21. The zero-order chi connectivity index (χ0) is 21.6. The van der Waals surface area contributed by atoms with Crippen LogP contribution in [0.5, 0.6) is 0 Å². The highest BCUT2D eigenvalue weighted by molar-refractivity contribution is 7.98. The van der Waals surface area contributed by atoms with Gasteiger partial charge in [-0.3, -0.25) is 24.6 Å². The number of thioether (sulfide) groups is 1. The van der Waals surface area contributed by atoms with Crippen molar-refractivity contribution in [2.24, 2.45) is 11.8 Å². The first-order chi connectivity index (χ1) is 15.1. The van der Waals surface area contributed by atoms with Gasteiger partial charge in [0.15, 0.2) is 0 Å². The molecule has 31 heavy (non-hydrogen) atoms. The van der Waals surface area contributed by atoms with Crippen molar-refractivity contribution in [3.63, 3.8) is 0 Å². The highest BCUT2D eigenvalue weighted by Crippen LogP contribution is 2.53. The van der Waals surface area contributed by atoms with Crippen LogP contribution in [0.25, 0.3) is 0 Å². The van der Waals surface area contributed by atoms with E-state index in [1.54, 1.807) is 11.8 Å². The maximum Gasteiger partial charge on any atom is 0.250 e. The Bertz CT molecular complexity index is 1040. The Hall–Kier alpha value is -2.64. The van der Waals surface area contributed by atoms with Gasteiger partial charge in [0, 0.05) is 23.8 Å². The fourth-order valence-corrected chi connectivity index (χ4v) is 5.91. The fraction of sp³-hybridized carbons (Fsp3) is 0.375.